The molecule has 0 spiro atoms. The molecule has 2 rings (SSSR count). The van der Waals surface area contributed by atoms with E-state index in [2.05, 4.69) is 23.9 Å². The van der Waals surface area contributed by atoms with Crippen molar-refractivity contribution in [3.05, 3.63) is 36.0 Å². The standard InChI is InChI=1S/C13H17N3/c1-3-16(2)9-10-8-12(14)11-6-4-5-7-13(11)15-10/h4-8H,3,9H2,1-2H3,(H2,14,15). The third-order valence-electron chi connectivity index (χ3n) is 2.77. The highest BCUT2D eigenvalue weighted by Gasteiger charge is 2.04. The first-order valence-corrected chi connectivity index (χ1v) is 5.53. The van der Waals surface area contributed by atoms with E-state index in [1.165, 1.54) is 0 Å². The molecular formula is C13H17N3. The molecule has 0 amide bonds. The zero-order valence-corrected chi connectivity index (χ0v) is 9.77. The number of benzene rings is 1. The van der Waals surface area contributed by atoms with E-state index in [0.29, 0.717) is 0 Å². The van der Waals surface area contributed by atoms with Crippen LogP contribution in [0.2, 0.25) is 0 Å². The Morgan fingerprint density at radius 1 is 1.31 bits per heavy atom. The lowest BCUT2D eigenvalue weighted by atomic mass is 10.1. The van der Waals surface area contributed by atoms with Crippen molar-refractivity contribution in [2.75, 3.05) is 19.3 Å². The van der Waals surface area contributed by atoms with Gasteiger partial charge < -0.3 is 10.6 Å². The molecule has 0 aliphatic heterocycles. The largest absolute Gasteiger partial charge is 0.398 e. The maximum atomic E-state index is 6.02. The maximum absolute atomic E-state index is 6.02. The van der Waals surface area contributed by atoms with Crippen molar-refractivity contribution in [3.63, 3.8) is 0 Å². The molecule has 3 nitrogen and oxygen atoms in total. The van der Waals surface area contributed by atoms with Gasteiger partial charge in [-0.2, -0.15) is 0 Å². The SMILES string of the molecule is CCN(C)Cc1cc(N)c2ccccc2n1. The molecule has 0 saturated heterocycles. The van der Waals surface area contributed by atoms with Gasteiger partial charge in [-0.3, -0.25) is 4.98 Å². The number of rotatable bonds is 3. The van der Waals surface area contributed by atoms with E-state index in [1.807, 2.05) is 30.3 Å². The van der Waals surface area contributed by atoms with Gasteiger partial charge in [-0.05, 0) is 25.7 Å². The molecule has 3 heteroatoms. The number of para-hydroxylation sites is 1. The van der Waals surface area contributed by atoms with E-state index in [-0.39, 0.29) is 0 Å². The molecule has 0 saturated carbocycles. The number of anilines is 1. The third-order valence-corrected chi connectivity index (χ3v) is 2.77. The summed E-state index contributed by atoms with van der Waals surface area (Å²) in [6.45, 7) is 3.98. The molecule has 0 aliphatic carbocycles. The second-order valence-electron chi connectivity index (χ2n) is 4.05. The molecule has 0 bridgehead atoms. The summed E-state index contributed by atoms with van der Waals surface area (Å²) < 4.78 is 0. The average molecular weight is 215 g/mol. The Kier molecular flexibility index (Phi) is 3.06. The number of hydrogen-bond donors (Lipinski definition) is 1. The monoisotopic (exact) mass is 215 g/mol. The number of pyridine rings is 1. The van der Waals surface area contributed by atoms with Gasteiger partial charge in [0.05, 0.1) is 11.2 Å². The molecule has 1 aromatic carbocycles. The second kappa shape index (κ2) is 4.49. The van der Waals surface area contributed by atoms with E-state index in [1.54, 1.807) is 0 Å². The first-order chi connectivity index (χ1) is 7.70. The molecule has 2 aromatic rings. The summed E-state index contributed by atoms with van der Waals surface area (Å²) in [6, 6.07) is 9.95. The van der Waals surface area contributed by atoms with E-state index in [9.17, 15) is 0 Å². The summed E-state index contributed by atoms with van der Waals surface area (Å²) in [7, 11) is 2.08. The van der Waals surface area contributed by atoms with Crippen LogP contribution in [0.15, 0.2) is 30.3 Å². The van der Waals surface area contributed by atoms with Gasteiger partial charge in [0.25, 0.3) is 0 Å². The topological polar surface area (TPSA) is 42.1 Å². The highest BCUT2D eigenvalue weighted by atomic mass is 15.1. The third kappa shape index (κ3) is 2.14. The van der Waals surface area contributed by atoms with Crippen LogP contribution in [0.4, 0.5) is 5.69 Å². The van der Waals surface area contributed by atoms with Crippen molar-refractivity contribution in [3.8, 4) is 0 Å². The number of aromatic nitrogens is 1. The Bertz CT molecular complexity index is 494. The van der Waals surface area contributed by atoms with Crippen molar-refractivity contribution in [2.24, 2.45) is 0 Å². The van der Waals surface area contributed by atoms with Gasteiger partial charge in [0.15, 0.2) is 0 Å². The summed E-state index contributed by atoms with van der Waals surface area (Å²) in [5.74, 6) is 0. The van der Waals surface area contributed by atoms with Crippen LogP contribution in [-0.2, 0) is 6.54 Å². The highest BCUT2D eigenvalue weighted by Crippen LogP contribution is 2.20. The van der Waals surface area contributed by atoms with Gasteiger partial charge >= 0.3 is 0 Å². The van der Waals surface area contributed by atoms with Gasteiger partial charge in [-0.25, -0.2) is 0 Å². The molecule has 1 heterocycles. The highest BCUT2D eigenvalue weighted by molar-refractivity contribution is 5.90. The first-order valence-electron chi connectivity index (χ1n) is 5.53. The second-order valence-corrected chi connectivity index (χ2v) is 4.05. The molecule has 1 aromatic heterocycles. The maximum Gasteiger partial charge on any atom is 0.0726 e. The van der Waals surface area contributed by atoms with Crippen molar-refractivity contribution in [1.82, 2.24) is 9.88 Å². The minimum absolute atomic E-state index is 0.810. The smallest absolute Gasteiger partial charge is 0.0726 e. The Morgan fingerprint density at radius 2 is 2.06 bits per heavy atom. The van der Waals surface area contributed by atoms with Crippen LogP contribution in [0.1, 0.15) is 12.6 Å². The van der Waals surface area contributed by atoms with E-state index in [0.717, 1.165) is 35.4 Å². The van der Waals surface area contributed by atoms with Gasteiger partial charge in [0.2, 0.25) is 0 Å². The zero-order valence-electron chi connectivity index (χ0n) is 9.77. The lowest BCUT2D eigenvalue weighted by Crippen LogP contribution is -2.17. The van der Waals surface area contributed by atoms with Crippen LogP contribution in [0.25, 0.3) is 10.9 Å². The number of fused-ring (bicyclic) bond motifs is 1. The lowest BCUT2D eigenvalue weighted by molar-refractivity contribution is 0.342. The van der Waals surface area contributed by atoms with E-state index < -0.39 is 0 Å². The van der Waals surface area contributed by atoms with Crippen molar-refractivity contribution in [2.45, 2.75) is 13.5 Å². The molecule has 0 radical (unpaired) electrons. The van der Waals surface area contributed by atoms with Crippen molar-refractivity contribution < 1.29 is 0 Å². The summed E-state index contributed by atoms with van der Waals surface area (Å²) >= 11 is 0. The van der Waals surface area contributed by atoms with Gasteiger partial charge in [0, 0.05) is 17.6 Å². The summed E-state index contributed by atoms with van der Waals surface area (Å²) in [5, 5.41) is 1.03. The molecule has 2 N–H and O–H groups in total. The number of nitrogen functional groups attached to an aromatic ring is 1. The van der Waals surface area contributed by atoms with Crippen molar-refractivity contribution in [1.29, 1.82) is 0 Å². The summed E-state index contributed by atoms with van der Waals surface area (Å²) in [6.07, 6.45) is 0. The Balaban J connectivity index is 2.41. The van der Waals surface area contributed by atoms with Gasteiger partial charge in [-0.1, -0.05) is 25.1 Å². The first kappa shape index (κ1) is 10.9. The Morgan fingerprint density at radius 3 is 2.81 bits per heavy atom. The lowest BCUT2D eigenvalue weighted by Gasteiger charge is -2.14. The molecule has 0 fully saturated rings. The van der Waals surface area contributed by atoms with Crippen molar-refractivity contribution >= 4 is 16.6 Å². The molecule has 16 heavy (non-hydrogen) atoms. The van der Waals surface area contributed by atoms with Crippen LogP contribution in [0.5, 0.6) is 0 Å². The Hall–Kier alpha value is -1.61. The van der Waals surface area contributed by atoms with Crippen LogP contribution in [0.3, 0.4) is 0 Å². The normalized spacial score (nSPS) is 11.2. The Labute approximate surface area is 95.9 Å². The van der Waals surface area contributed by atoms with Crippen LogP contribution in [-0.4, -0.2) is 23.5 Å². The predicted molar refractivity (Wildman–Crippen MR) is 68.2 cm³/mol. The number of hydrogen-bond acceptors (Lipinski definition) is 3. The van der Waals surface area contributed by atoms with Crippen LogP contribution < -0.4 is 5.73 Å². The summed E-state index contributed by atoms with van der Waals surface area (Å²) in [4.78, 5) is 6.81. The van der Waals surface area contributed by atoms with Crippen LogP contribution >= 0.6 is 0 Å². The summed E-state index contributed by atoms with van der Waals surface area (Å²) in [5.41, 5.74) is 8.83. The minimum Gasteiger partial charge on any atom is -0.398 e. The van der Waals surface area contributed by atoms with Gasteiger partial charge in [0.1, 0.15) is 0 Å². The van der Waals surface area contributed by atoms with Gasteiger partial charge in [-0.15, -0.1) is 0 Å². The molecule has 0 unspecified atom stereocenters. The molecular weight excluding hydrogens is 198 g/mol. The fraction of sp³-hybridized carbons (Fsp3) is 0.308. The van der Waals surface area contributed by atoms with Crippen LogP contribution in [0, 0.1) is 0 Å². The predicted octanol–water partition coefficient (Wildman–Crippen LogP) is 2.27. The molecule has 0 aliphatic rings. The fourth-order valence-corrected chi connectivity index (χ4v) is 1.73. The fourth-order valence-electron chi connectivity index (χ4n) is 1.73. The molecule has 0 atom stereocenters. The number of nitrogens with two attached hydrogens (primary N) is 1. The average Bonchev–Trinajstić information content (AvgIpc) is 2.29. The quantitative estimate of drug-likeness (QED) is 0.854. The molecule has 84 valence electrons. The van der Waals surface area contributed by atoms with E-state index in [4.69, 9.17) is 5.73 Å². The zero-order chi connectivity index (χ0) is 11.5. The number of nitrogens with zero attached hydrogens (tertiary/aromatic N) is 2. The minimum atomic E-state index is 0.810. The van der Waals surface area contributed by atoms with E-state index >= 15 is 0 Å².